The Hall–Kier alpha value is -1.31. The summed E-state index contributed by atoms with van der Waals surface area (Å²) in [6.07, 6.45) is 0.991. The molecule has 1 aliphatic heterocycles. The van der Waals surface area contributed by atoms with Gasteiger partial charge in [0.2, 0.25) is 0 Å². The molecule has 0 aliphatic carbocycles. The van der Waals surface area contributed by atoms with E-state index in [1.54, 1.807) is 0 Å². The first-order chi connectivity index (χ1) is 6.83. The van der Waals surface area contributed by atoms with Crippen molar-refractivity contribution in [3.63, 3.8) is 0 Å². The van der Waals surface area contributed by atoms with Crippen LogP contribution in [0.5, 0.6) is 0 Å². The van der Waals surface area contributed by atoms with Crippen LogP contribution >= 0.6 is 0 Å². The highest BCUT2D eigenvalue weighted by Crippen LogP contribution is 2.33. The molecule has 2 nitrogen and oxygen atoms in total. The molecule has 0 aromatic heterocycles. The Labute approximate surface area is 83.9 Å². The molecule has 1 heterocycles. The quantitative estimate of drug-likeness (QED) is 0.669. The van der Waals surface area contributed by atoms with Crippen LogP contribution in [0.1, 0.15) is 24.8 Å². The van der Waals surface area contributed by atoms with Gasteiger partial charge in [0.05, 0.1) is 12.5 Å². The fraction of sp³-hybridized carbons (Fsp3) is 0.417. The molecular formula is C12H14O2. The van der Waals surface area contributed by atoms with Gasteiger partial charge in [0.15, 0.2) is 0 Å². The van der Waals surface area contributed by atoms with Crippen molar-refractivity contribution in [3.8, 4) is 0 Å². The zero-order valence-corrected chi connectivity index (χ0v) is 8.27. The van der Waals surface area contributed by atoms with Crippen molar-refractivity contribution >= 4 is 5.97 Å². The minimum Gasteiger partial charge on any atom is -0.465 e. The van der Waals surface area contributed by atoms with Gasteiger partial charge >= 0.3 is 5.97 Å². The third kappa shape index (κ3) is 1.52. The first-order valence-electron chi connectivity index (χ1n) is 5.04. The molecule has 1 saturated heterocycles. The van der Waals surface area contributed by atoms with E-state index in [-0.39, 0.29) is 11.9 Å². The molecule has 1 fully saturated rings. The average Bonchev–Trinajstić information content (AvgIpc) is 2.61. The molecule has 1 aliphatic rings. The van der Waals surface area contributed by atoms with Gasteiger partial charge in [-0.15, -0.1) is 0 Å². The highest BCUT2D eigenvalue weighted by Gasteiger charge is 2.36. The lowest BCUT2D eigenvalue weighted by molar-refractivity contribution is -0.139. The number of hydrogen-bond donors (Lipinski definition) is 0. The van der Waals surface area contributed by atoms with Gasteiger partial charge in [-0.2, -0.15) is 0 Å². The molecule has 0 radical (unpaired) electrons. The molecule has 1 aromatic rings. The predicted octanol–water partition coefficient (Wildman–Crippen LogP) is 2.35. The number of carbonyl (C=O) groups excluding carboxylic acids is 1. The van der Waals surface area contributed by atoms with Crippen LogP contribution in [0, 0.1) is 5.92 Å². The Bertz CT molecular complexity index is 318. The molecule has 74 valence electrons. The van der Waals surface area contributed by atoms with Crippen molar-refractivity contribution in [2.75, 3.05) is 6.61 Å². The fourth-order valence-electron chi connectivity index (χ4n) is 1.99. The molecule has 0 unspecified atom stereocenters. The number of carbonyl (C=O) groups is 1. The predicted molar refractivity (Wildman–Crippen MR) is 53.9 cm³/mol. The number of cyclic esters (lactones) is 1. The Balaban J connectivity index is 2.28. The molecule has 2 heteroatoms. The van der Waals surface area contributed by atoms with Crippen molar-refractivity contribution < 1.29 is 9.53 Å². The van der Waals surface area contributed by atoms with E-state index in [1.807, 2.05) is 30.3 Å². The van der Waals surface area contributed by atoms with Gasteiger partial charge in [-0.25, -0.2) is 0 Å². The third-order valence-electron chi connectivity index (χ3n) is 2.85. The lowest BCUT2D eigenvalue weighted by Gasteiger charge is -2.12. The summed E-state index contributed by atoms with van der Waals surface area (Å²) < 4.78 is 5.08. The third-order valence-corrected chi connectivity index (χ3v) is 2.85. The monoisotopic (exact) mass is 190 g/mol. The fourth-order valence-corrected chi connectivity index (χ4v) is 1.99. The van der Waals surface area contributed by atoms with E-state index in [1.165, 1.54) is 0 Å². The van der Waals surface area contributed by atoms with Crippen molar-refractivity contribution in [3.05, 3.63) is 35.9 Å². The van der Waals surface area contributed by atoms with Crippen molar-refractivity contribution in [1.82, 2.24) is 0 Å². The zero-order chi connectivity index (χ0) is 9.97. The summed E-state index contributed by atoms with van der Waals surface area (Å²) in [6.45, 7) is 2.68. The molecule has 0 bridgehead atoms. The van der Waals surface area contributed by atoms with Crippen LogP contribution in [0.25, 0.3) is 0 Å². The second kappa shape index (κ2) is 3.82. The smallest absolute Gasteiger partial charge is 0.313 e. The Morgan fingerprint density at radius 3 is 2.71 bits per heavy atom. The van der Waals surface area contributed by atoms with Crippen molar-refractivity contribution in [1.29, 1.82) is 0 Å². The van der Waals surface area contributed by atoms with Crippen molar-refractivity contribution in [2.45, 2.75) is 19.3 Å². The second-order valence-corrected chi connectivity index (χ2v) is 3.69. The maximum atomic E-state index is 11.5. The summed E-state index contributed by atoms with van der Waals surface area (Å²) in [6, 6.07) is 9.89. The molecule has 0 spiro atoms. The lowest BCUT2D eigenvalue weighted by Crippen LogP contribution is -2.12. The summed E-state index contributed by atoms with van der Waals surface area (Å²) in [4.78, 5) is 11.5. The Morgan fingerprint density at radius 2 is 2.07 bits per heavy atom. The van der Waals surface area contributed by atoms with E-state index < -0.39 is 0 Å². The molecule has 2 rings (SSSR count). The van der Waals surface area contributed by atoms with E-state index in [0.717, 1.165) is 12.0 Å². The lowest BCUT2D eigenvalue weighted by atomic mass is 9.87. The Kier molecular flexibility index (Phi) is 2.53. The van der Waals surface area contributed by atoms with Crippen LogP contribution in [0.3, 0.4) is 0 Å². The second-order valence-electron chi connectivity index (χ2n) is 3.69. The number of ether oxygens (including phenoxy) is 1. The van der Waals surface area contributed by atoms with Gasteiger partial charge in [-0.05, 0) is 12.0 Å². The van der Waals surface area contributed by atoms with Gasteiger partial charge < -0.3 is 4.74 Å². The number of hydrogen-bond acceptors (Lipinski definition) is 2. The molecule has 0 amide bonds. The molecule has 0 N–H and O–H groups in total. The topological polar surface area (TPSA) is 26.3 Å². The normalized spacial score (nSPS) is 26.2. The van der Waals surface area contributed by atoms with E-state index >= 15 is 0 Å². The SMILES string of the molecule is CC[C@H]1COC(=O)[C@@H]1c1ccccc1. The largest absolute Gasteiger partial charge is 0.465 e. The van der Waals surface area contributed by atoms with Gasteiger partial charge in [-0.3, -0.25) is 4.79 Å². The van der Waals surface area contributed by atoms with Gasteiger partial charge in [-0.1, -0.05) is 37.3 Å². The Morgan fingerprint density at radius 1 is 1.36 bits per heavy atom. The van der Waals surface area contributed by atoms with Crippen LogP contribution in [-0.2, 0) is 9.53 Å². The number of rotatable bonds is 2. The summed E-state index contributed by atoms with van der Waals surface area (Å²) in [5, 5.41) is 0. The van der Waals surface area contributed by atoms with Crippen LogP contribution in [-0.4, -0.2) is 12.6 Å². The van der Waals surface area contributed by atoms with Crippen LogP contribution in [0.15, 0.2) is 30.3 Å². The van der Waals surface area contributed by atoms with Crippen molar-refractivity contribution in [2.24, 2.45) is 5.92 Å². The average molecular weight is 190 g/mol. The van der Waals surface area contributed by atoms with E-state index in [0.29, 0.717) is 12.5 Å². The molecule has 2 atom stereocenters. The summed E-state index contributed by atoms with van der Waals surface area (Å²) in [5.41, 5.74) is 1.09. The summed E-state index contributed by atoms with van der Waals surface area (Å²) in [5.74, 6) is 0.245. The van der Waals surface area contributed by atoms with E-state index in [4.69, 9.17) is 4.74 Å². The van der Waals surface area contributed by atoms with Crippen LogP contribution in [0.2, 0.25) is 0 Å². The molecule has 1 aromatic carbocycles. The van der Waals surface area contributed by atoms with Gasteiger partial charge in [0.1, 0.15) is 0 Å². The molecule has 0 saturated carbocycles. The number of esters is 1. The highest BCUT2D eigenvalue weighted by molar-refractivity contribution is 5.80. The van der Waals surface area contributed by atoms with E-state index in [2.05, 4.69) is 6.92 Å². The zero-order valence-electron chi connectivity index (χ0n) is 8.27. The summed E-state index contributed by atoms with van der Waals surface area (Å²) >= 11 is 0. The standard InChI is InChI=1S/C12H14O2/c1-2-9-8-14-12(13)11(9)10-6-4-3-5-7-10/h3-7,9,11H,2,8H2,1H3/t9-,11-/m0/s1. The number of benzene rings is 1. The molecular weight excluding hydrogens is 176 g/mol. The minimum absolute atomic E-state index is 0.0406. The molecule has 14 heavy (non-hydrogen) atoms. The summed E-state index contributed by atoms with van der Waals surface area (Å²) in [7, 11) is 0. The first kappa shape index (κ1) is 9.25. The maximum absolute atomic E-state index is 11.5. The van der Waals surface area contributed by atoms with Gasteiger partial charge in [0.25, 0.3) is 0 Å². The first-order valence-corrected chi connectivity index (χ1v) is 5.04. The minimum atomic E-state index is -0.0666. The van der Waals surface area contributed by atoms with E-state index in [9.17, 15) is 4.79 Å². The van der Waals surface area contributed by atoms with Crippen LogP contribution < -0.4 is 0 Å². The highest BCUT2D eigenvalue weighted by atomic mass is 16.5. The maximum Gasteiger partial charge on any atom is 0.313 e. The van der Waals surface area contributed by atoms with Gasteiger partial charge in [0, 0.05) is 5.92 Å². The van der Waals surface area contributed by atoms with Crippen LogP contribution in [0.4, 0.5) is 0 Å².